The Hall–Kier alpha value is -12.3. The predicted molar refractivity (Wildman–Crippen MR) is 418 cm³/mol. The molecule has 0 bridgehead atoms. The van der Waals surface area contributed by atoms with Crippen LogP contribution in [0.5, 0.6) is 0 Å². The topological polar surface area (TPSA) is 116 Å². The highest BCUT2D eigenvalue weighted by atomic mass is 14.7. The summed E-state index contributed by atoms with van der Waals surface area (Å²) >= 11 is 0. The number of hydrogen-bond acceptors (Lipinski definition) is 9. The Labute approximate surface area is 580 Å². The summed E-state index contributed by atoms with van der Waals surface area (Å²) < 4.78 is 0. The first-order valence-electron chi connectivity index (χ1n) is 33.1. The van der Waals surface area contributed by atoms with Crippen molar-refractivity contribution in [1.29, 1.82) is 0 Å². The molecule has 9 heteroatoms. The molecule has 9 aromatic carbocycles. The van der Waals surface area contributed by atoms with E-state index in [0.29, 0.717) is 0 Å². The van der Waals surface area contributed by atoms with Crippen LogP contribution in [0.25, 0.3) is 97.6 Å². The number of hydrogen-bond donors (Lipinski definition) is 0. The lowest BCUT2D eigenvalue weighted by molar-refractivity contribution is 1.24. The molecule has 486 valence electrons. The van der Waals surface area contributed by atoms with Crippen LogP contribution in [0.1, 0.15) is 50.2 Å². The molecule has 0 aliphatic heterocycles. The van der Waals surface area contributed by atoms with Gasteiger partial charge in [-0.1, -0.05) is 181 Å². The molecular formula is C90H81N9. The van der Waals surface area contributed by atoms with E-state index < -0.39 is 0 Å². The van der Waals surface area contributed by atoms with E-state index in [0.717, 1.165) is 33.3 Å². The van der Waals surface area contributed by atoms with Gasteiger partial charge in [0.2, 0.25) is 0 Å². The molecule has 0 spiro atoms. The normalized spacial score (nSPS) is 10.3. The fraction of sp³-hybridized carbons (Fsp3) is 0.100. The van der Waals surface area contributed by atoms with Crippen molar-refractivity contribution in [1.82, 2.24) is 44.9 Å². The van der Waals surface area contributed by atoms with Gasteiger partial charge in [0.05, 0.1) is 27.6 Å². The van der Waals surface area contributed by atoms with Crippen molar-refractivity contribution in [3.63, 3.8) is 0 Å². The van der Waals surface area contributed by atoms with Gasteiger partial charge in [-0.3, -0.25) is 44.9 Å². The number of aryl methyl sites for hydroxylation is 9. The Morgan fingerprint density at radius 2 is 0.626 bits per heavy atom. The molecule has 0 saturated heterocycles. The minimum absolute atomic E-state index is 1.07. The van der Waals surface area contributed by atoms with Crippen LogP contribution in [0.3, 0.4) is 0 Å². The molecule has 9 aromatic heterocycles. The van der Waals surface area contributed by atoms with Crippen molar-refractivity contribution in [2.45, 2.75) is 62.3 Å². The lowest BCUT2D eigenvalue weighted by Gasteiger charge is -1.98. The van der Waals surface area contributed by atoms with E-state index in [9.17, 15) is 0 Å². The minimum atomic E-state index is 1.07. The molecule has 18 rings (SSSR count). The Balaban J connectivity index is 0.000000120. The van der Waals surface area contributed by atoms with E-state index in [1.54, 1.807) is 0 Å². The molecule has 0 aliphatic rings. The van der Waals surface area contributed by atoms with E-state index in [-0.39, 0.29) is 0 Å². The summed E-state index contributed by atoms with van der Waals surface area (Å²) in [6.45, 7) is 18.7. The number of benzene rings is 9. The standard InChI is InChI=1S/9C10H9N/c1-8-4-2-6-10-9(8)5-3-7-11-10;1-8-4-2-5-9-6-3-7-11-10(8)9;1-8-4-5-10-9(7-8)3-2-6-11-10;1-8-3-2-4-9-7-11-6-5-10(8)9;1-8-3-2-4-9-5-6-11-7-10(8)9;1-8-6-11-7-9-4-2-3-5-10(8)9;1-8-6-9-4-2-3-5-10(9)11-7-8;1-8-10-5-3-2-4-9(10)6-7-11-8;1-8-6-7-11-10-5-3-2-4-9(8)10/h9*2-7H,1H3. The third-order valence-electron chi connectivity index (χ3n) is 16.6. The van der Waals surface area contributed by atoms with Crippen LogP contribution in [0.2, 0.25) is 0 Å². The third kappa shape index (κ3) is 19.7. The van der Waals surface area contributed by atoms with Gasteiger partial charge in [0, 0.05) is 129 Å². The van der Waals surface area contributed by atoms with Gasteiger partial charge < -0.3 is 0 Å². The second-order valence-electron chi connectivity index (χ2n) is 24.0. The minimum Gasteiger partial charge on any atom is -0.264 e. The van der Waals surface area contributed by atoms with E-state index >= 15 is 0 Å². The average Bonchev–Trinajstić information content (AvgIpc) is 1.30. The number of para-hydroxylation sites is 3. The summed E-state index contributed by atoms with van der Waals surface area (Å²) in [5.41, 5.74) is 16.6. The highest BCUT2D eigenvalue weighted by Gasteiger charge is 2.00. The lowest BCUT2D eigenvalue weighted by Crippen LogP contribution is -1.80. The first-order chi connectivity index (χ1) is 48.4. The molecule has 0 saturated carbocycles. The Bertz CT molecular complexity index is 4720. The number of pyridine rings is 9. The maximum Gasteiger partial charge on any atom is 0.0731 e. The van der Waals surface area contributed by atoms with Crippen molar-refractivity contribution in [2.75, 3.05) is 0 Å². The van der Waals surface area contributed by atoms with Crippen molar-refractivity contribution in [3.05, 3.63) is 379 Å². The van der Waals surface area contributed by atoms with Crippen LogP contribution in [0, 0.1) is 62.3 Å². The fourth-order valence-electron chi connectivity index (χ4n) is 11.2. The second-order valence-corrected chi connectivity index (χ2v) is 24.0. The largest absolute Gasteiger partial charge is 0.264 e. The van der Waals surface area contributed by atoms with Crippen molar-refractivity contribution in [2.24, 2.45) is 0 Å². The summed E-state index contributed by atoms with van der Waals surface area (Å²) in [4.78, 5) is 37.7. The van der Waals surface area contributed by atoms with Gasteiger partial charge in [0.15, 0.2) is 0 Å². The monoisotopic (exact) mass is 1290 g/mol. The summed E-state index contributed by atoms with van der Waals surface area (Å²) in [5, 5.41) is 16.2. The van der Waals surface area contributed by atoms with Crippen molar-refractivity contribution in [3.8, 4) is 0 Å². The highest BCUT2D eigenvalue weighted by Crippen LogP contribution is 2.21. The van der Waals surface area contributed by atoms with Crippen molar-refractivity contribution >= 4 is 97.6 Å². The predicted octanol–water partition coefficient (Wildman–Crippen LogP) is 22.9. The third-order valence-corrected chi connectivity index (χ3v) is 16.6. The number of rotatable bonds is 0. The van der Waals surface area contributed by atoms with Crippen LogP contribution in [0.15, 0.2) is 329 Å². The molecule has 0 amide bonds. The molecule has 0 N–H and O–H groups in total. The molecule has 0 aliphatic carbocycles. The highest BCUT2D eigenvalue weighted by molar-refractivity contribution is 5.88. The van der Waals surface area contributed by atoms with Crippen LogP contribution in [-0.2, 0) is 0 Å². The average molecular weight is 1290 g/mol. The van der Waals surface area contributed by atoms with Gasteiger partial charge in [-0.15, -0.1) is 0 Å². The molecular weight excluding hydrogens is 1210 g/mol. The van der Waals surface area contributed by atoms with Gasteiger partial charge in [-0.05, 0) is 202 Å². The zero-order valence-corrected chi connectivity index (χ0v) is 57.7. The Morgan fingerprint density at radius 1 is 0.192 bits per heavy atom. The molecule has 0 radical (unpaired) electrons. The first-order valence-corrected chi connectivity index (χ1v) is 33.1. The van der Waals surface area contributed by atoms with E-state index in [1.807, 2.05) is 197 Å². The molecule has 0 atom stereocenters. The first kappa shape index (κ1) is 69.5. The van der Waals surface area contributed by atoms with Crippen LogP contribution < -0.4 is 0 Å². The Morgan fingerprint density at radius 3 is 1.33 bits per heavy atom. The summed E-state index contributed by atoms with van der Waals surface area (Å²) in [6.07, 6.45) is 22.3. The smallest absolute Gasteiger partial charge is 0.0731 e. The van der Waals surface area contributed by atoms with Crippen LogP contribution in [-0.4, -0.2) is 44.9 Å². The van der Waals surface area contributed by atoms with Gasteiger partial charge in [-0.2, -0.15) is 0 Å². The Kier molecular flexibility index (Phi) is 24.9. The van der Waals surface area contributed by atoms with Crippen LogP contribution in [0.4, 0.5) is 0 Å². The van der Waals surface area contributed by atoms with Gasteiger partial charge in [-0.25, -0.2) is 0 Å². The fourth-order valence-corrected chi connectivity index (χ4v) is 11.2. The van der Waals surface area contributed by atoms with E-state index in [2.05, 4.69) is 240 Å². The van der Waals surface area contributed by atoms with Gasteiger partial charge in [0.1, 0.15) is 0 Å². The number of nitrogens with zero attached hydrogens (tertiary/aromatic N) is 9. The lowest BCUT2D eigenvalue weighted by atomic mass is 10.1. The summed E-state index contributed by atoms with van der Waals surface area (Å²) in [7, 11) is 0. The maximum atomic E-state index is 4.28. The molecule has 99 heavy (non-hydrogen) atoms. The molecule has 18 aromatic rings. The SMILES string of the molecule is Cc1ccc2ncccc2c1.Cc1cccc2cccnc12.Cc1cccc2ccncc12.Cc1cccc2cnccc12.Cc1cccc2ncccc12.Cc1ccnc2ccccc12.Cc1cnc2ccccc2c1.Cc1cncc2ccccc12.Cc1nccc2ccccc12. The molecule has 0 fully saturated rings. The van der Waals surface area contributed by atoms with Gasteiger partial charge in [0.25, 0.3) is 0 Å². The number of aromatic nitrogens is 9. The van der Waals surface area contributed by atoms with Crippen molar-refractivity contribution < 1.29 is 0 Å². The molecule has 9 nitrogen and oxygen atoms in total. The zero-order chi connectivity index (χ0) is 69.1. The molecule has 0 unspecified atom stereocenters. The van der Waals surface area contributed by atoms with Gasteiger partial charge >= 0.3 is 0 Å². The summed E-state index contributed by atoms with van der Waals surface area (Å²) in [5.74, 6) is 0. The maximum absolute atomic E-state index is 4.28. The number of fused-ring (bicyclic) bond motifs is 9. The van der Waals surface area contributed by atoms with Crippen LogP contribution >= 0.6 is 0 Å². The van der Waals surface area contributed by atoms with E-state index in [4.69, 9.17) is 0 Å². The second kappa shape index (κ2) is 35.4. The van der Waals surface area contributed by atoms with E-state index in [1.165, 1.54) is 115 Å². The quantitative estimate of drug-likeness (QED) is 0.146. The summed E-state index contributed by atoms with van der Waals surface area (Å²) in [6, 6.07) is 86.4. The zero-order valence-electron chi connectivity index (χ0n) is 57.7. The molecule has 9 heterocycles.